The van der Waals surface area contributed by atoms with Crippen molar-refractivity contribution in [3.05, 3.63) is 55.0 Å². The van der Waals surface area contributed by atoms with Crippen LogP contribution >= 0.6 is 0 Å². The molecular formula is C17H16N6O. The molecule has 0 atom stereocenters. The maximum absolute atomic E-state index is 12.4. The van der Waals surface area contributed by atoms with Crippen molar-refractivity contribution in [1.82, 2.24) is 24.8 Å². The quantitative estimate of drug-likeness (QED) is 0.710. The summed E-state index contributed by atoms with van der Waals surface area (Å²) in [4.78, 5) is 32.9. The molecule has 0 saturated carbocycles. The van der Waals surface area contributed by atoms with E-state index in [0.717, 1.165) is 29.7 Å². The SMILES string of the molecule is O=C(c1cnccn1)N1CCN(c2ccc3ncncc3c2)CC1. The Morgan fingerprint density at radius 1 is 0.958 bits per heavy atom. The number of benzene rings is 1. The molecule has 1 aromatic carbocycles. The van der Waals surface area contributed by atoms with Gasteiger partial charge >= 0.3 is 0 Å². The van der Waals surface area contributed by atoms with Gasteiger partial charge in [0.1, 0.15) is 12.0 Å². The smallest absolute Gasteiger partial charge is 0.274 e. The number of hydrogen-bond acceptors (Lipinski definition) is 6. The molecule has 0 aliphatic carbocycles. The lowest BCUT2D eigenvalue weighted by molar-refractivity contribution is 0.0740. The minimum atomic E-state index is -0.0605. The van der Waals surface area contributed by atoms with Gasteiger partial charge in [0.15, 0.2) is 0 Å². The minimum absolute atomic E-state index is 0.0605. The molecule has 7 heteroatoms. The van der Waals surface area contributed by atoms with Crippen LogP contribution < -0.4 is 4.90 Å². The van der Waals surface area contributed by atoms with Gasteiger partial charge in [-0.05, 0) is 18.2 Å². The van der Waals surface area contributed by atoms with Crippen molar-refractivity contribution in [2.24, 2.45) is 0 Å². The summed E-state index contributed by atoms with van der Waals surface area (Å²) in [6.45, 7) is 2.90. The van der Waals surface area contributed by atoms with Crippen molar-refractivity contribution in [3.63, 3.8) is 0 Å². The molecule has 120 valence electrons. The number of carbonyl (C=O) groups excluding carboxylic acids is 1. The van der Waals surface area contributed by atoms with Gasteiger partial charge in [-0.25, -0.2) is 15.0 Å². The summed E-state index contributed by atoms with van der Waals surface area (Å²) in [5.74, 6) is -0.0605. The summed E-state index contributed by atoms with van der Waals surface area (Å²) in [6, 6.07) is 6.16. The molecule has 0 radical (unpaired) electrons. The van der Waals surface area contributed by atoms with Crippen LogP contribution in [0.3, 0.4) is 0 Å². The van der Waals surface area contributed by atoms with E-state index in [4.69, 9.17) is 0 Å². The zero-order chi connectivity index (χ0) is 16.4. The zero-order valence-electron chi connectivity index (χ0n) is 13.0. The second-order valence-electron chi connectivity index (χ2n) is 5.64. The fraction of sp³-hybridized carbons (Fsp3) is 0.235. The average Bonchev–Trinajstić information content (AvgIpc) is 2.68. The van der Waals surface area contributed by atoms with E-state index in [0.29, 0.717) is 18.8 Å². The van der Waals surface area contributed by atoms with Crippen molar-refractivity contribution in [1.29, 1.82) is 0 Å². The Kier molecular flexibility index (Phi) is 3.74. The normalized spacial score (nSPS) is 14.8. The molecular weight excluding hydrogens is 304 g/mol. The first-order valence-electron chi connectivity index (χ1n) is 7.81. The minimum Gasteiger partial charge on any atom is -0.368 e. The van der Waals surface area contributed by atoms with Crippen LogP contribution in [-0.4, -0.2) is 56.9 Å². The number of anilines is 1. The highest BCUT2D eigenvalue weighted by Gasteiger charge is 2.23. The van der Waals surface area contributed by atoms with Gasteiger partial charge in [-0.3, -0.25) is 9.78 Å². The van der Waals surface area contributed by atoms with Gasteiger partial charge in [0, 0.05) is 55.8 Å². The van der Waals surface area contributed by atoms with E-state index < -0.39 is 0 Å². The second-order valence-corrected chi connectivity index (χ2v) is 5.64. The Bertz CT molecular complexity index is 861. The van der Waals surface area contributed by atoms with Gasteiger partial charge < -0.3 is 9.80 Å². The molecule has 0 unspecified atom stereocenters. The molecule has 1 saturated heterocycles. The van der Waals surface area contributed by atoms with Crippen LogP contribution in [0, 0.1) is 0 Å². The van der Waals surface area contributed by atoms with Gasteiger partial charge in [-0.2, -0.15) is 0 Å². The fourth-order valence-electron chi connectivity index (χ4n) is 2.91. The number of hydrogen-bond donors (Lipinski definition) is 0. The molecule has 4 rings (SSSR count). The number of rotatable bonds is 2. The number of aromatic nitrogens is 4. The Hall–Kier alpha value is -3.09. The maximum atomic E-state index is 12.4. The van der Waals surface area contributed by atoms with E-state index in [1.807, 2.05) is 17.2 Å². The summed E-state index contributed by atoms with van der Waals surface area (Å²) in [6.07, 6.45) is 8.00. The standard InChI is InChI=1S/C17H16N6O/c24-17(16-11-18-3-4-20-16)23-7-5-22(6-8-23)14-1-2-15-13(9-14)10-19-12-21-15/h1-4,9-12H,5-8H2. The van der Waals surface area contributed by atoms with E-state index >= 15 is 0 Å². The van der Waals surface area contributed by atoms with Crippen molar-refractivity contribution >= 4 is 22.5 Å². The summed E-state index contributed by atoms with van der Waals surface area (Å²) < 4.78 is 0. The first-order valence-corrected chi connectivity index (χ1v) is 7.81. The molecule has 2 aromatic heterocycles. The molecule has 3 aromatic rings. The van der Waals surface area contributed by atoms with Crippen LogP contribution in [-0.2, 0) is 0 Å². The molecule has 24 heavy (non-hydrogen) atoms. The highest BCUT2D eigenvalue weighted by Crippen LogP contribution is 2.21. The Morgan fingerprint density at radius 2 is 1.83 bits per heavy atom. The third kappa shape index (κ3) is 2.76. The molecule has 7 nitrogen and oxygen atoms in total. The Labute approximate surface area is 139 Å². The predicted molar refractivity (Wildman–Crippen MR) is 89.7 cm³/mol. The number of piperazine rings is 1. The highest BCUT2D eigenvalue weighted by atomic mass is 16.2. The molecule has 0 N–H and O–H groups in total. The van der Waals surface area contributed by atoms with E-state index in [9.17, 15) is 4.79 Å². The third-order valence-electron chi connectivity index (χ3n) is 4.20. The van der Waals surface area contributed by atoms with Crippen molar-refractivity contribution < 1.29 is 4.79 Å². The largest absolute Gasteiger partial charge is 0.368 e. The Morgan fingerprint density at radius 3 is 2.62 bits per heavy atom. The second kappa shape index (κ2) is 6.19. The summed E-state index contributed by atoms with van der Waals surface area (Å²) >= 11 is 0. The summed E-state index contributed by atoms with van der Waals surface area (Å²) in [5.41, 5.74) is 2.46. The third-order valence-corrected chi connectivity index (χ3v) is 4.20. The van der Waals surface area contributed by atoms with Crippen LogP contribution in [0.5, 0.6) is 0 Å². The van der Waals surface area contributed by atoms with Gasteiger partial charge in [0.25, 0.3) is 5.91 Å². The highest BCUT2D eigenvalue weighted by molar-refractivity contribution is 5.92. The van der Waals surface area contributed by atoms with E-state index in [1.165, 1.54) is 6.20 Å². The van der Waals surface area contributed by atoms with Crippen molar-refractivity contribution in [2.45, 2.75) is 0 Å². The summed E-state index contributed by atoms with van der Waals surface area (Å²) in [5, 5.41) is 1.02. The van der Waals surface area contributed by atoms with Crippen LogP contribution in [0.4, 0.5) is 5.69 Å². The molecule has 0 spiro atoms. The monoisotopic (exact) mass is 320 g/mol. The zero-order valence-corrected chi connectivity index (χ0v) is 13.0. The lowest BCUT2D eigenvalue weighted by Crippen LogP contribution is -2.49. The lowest BCUT2D eigenvalue weighted by atomic mass is 10.2. The summed E-state index contributed by atoms with van der Waals surface area (Å²) in [7, 11) is 0. The first kappa shape index (κ1) is 14.5. The molecule has 0 bridgehead atoms. The molecule has 1 aliphatic heterocycles. The first-order chi connectivity index (χ1) is 11.8. The average molecular weight is 320 g/mol. The van der Waals surface area contributed by atoms with Gasteiger partial charge in [-0.1, -0.05) is 0 Å². The van der Waals surface area contributed by atoms with E-state index in [2.05, 4.69) is 37.0 Å². The lowest BCUT2D eigenvalue weighted by Gasteiger charge is -2.36. The fourth-order valence-corrected chi connectivity index (χ4v) is 2.91. The number of amides is 1. The maximum Gasteiger partial charge on any atom is 0.274 e. The van der Waals surface area contributed by atoms with E-state index in [1.54, 1.807) is 18.7 Å². The molecule has 3 heterocycles. The van der Waals surface area contributed by atoms with Crippen LogP contribution in [0.2, 0.25) is 0 Å². The predicted octanol–water partition coefficient (Wildman–Crippen LogP) is 1.38. The van der Waals surface area contributed by atoms with Crippen LogP contribution in [0.25, 0.3) is 10.9 Å². The van der Waals surface area contributed by atoms with E-state index in [-0.39, 0.29) is 5.91 Å². The molecule has 1 aliphatic rings. The Balaban J connectivity index is 1.46. The van der Waals surface area contributed by atoms with Crippen LogP contribution in [0.1, 0.15) is 10.5 Å². The van der Waals surface area contributed by atoms with Crippen LogP contribution in [0.15, 0.2) is 49.3 Å². The molecule has 1 amide bonds. The topological polar surface area (TPSA) is 75.1 Å². The van der Waals surface area contributed by atoms with Gasteiger partial charge in [0.05, 0.1) is 11.7 Å². The number of nitrogens with zero attached hydrogens (tertiary/aromatic N) is 6. The molecule has 1 fully saturated rings. The van der Waals surface area contributed by atoms with Gasteiger partial charge in [0.2, 0.25) is 0 Å². The number of carbonyl (C=O) groups is 1. The van der Waals surface area contributed by atoms with Crippen molar-refractivity contribution in [2.75, 3.05) is 31.1 Å². The van der Waals surface area contributed by atoms with Crippen molar-refractivity contribution in [3.8, 4) is 0 Å². The van der Waals surface area contributed by atoms with Gasteiger partial charge in [-0.15, -0.1) is 0 Å². The number of fused-ring (bicyclic) bond motifs is 1.